The number of aromatic nitrogens is 1. The van der Waals surface area contributed by atoms with Crippen LogP contribution >= 0.6 is 0 Å². The average molecular weight is 291 g/mol. The van der Waals surface area contributed by atoms with Gasteiger partial charge in [0.25, 0.3) is 0 Å². The molecule has 3 N–H and O–H groups in total. The van der Waals surface area contributed by atoms with Gasteiger partial charge in [0.05, 0.1) is 5.52 Å². The summed E-state index contributed by atoms with van der Waals surface area (Å²) in [6, 6.07) is 18.7. The highest BCUT2D eigenvalue weighted by Gasteiger charge is 2.19. The molecule has 0 saturated heterocycles. The Morgan fingerprint density at radius 2 is 1.68 bits per heavy atom. The second-order valence-corrected chi connectivity index (χ2v) is 6.52. The molecule has 0 aliphatic carbocycles. The Morgan fingerprint density at radius 3 is 2.32 bits per heavy atom. The van der Waals surface area contributed by atoms with Crippen LogP contribution in [0.5, 0.6) is 0 Å². The smallest absolute Gasteiger partial charge is 0.148 e. The second-order valence-electron chi connectivity index (χ2n) is 6.52. The summed E-state index contributed by atoms with van der Waals surface area (Å²) in [4.78, 5) is 4.80. The number of benzene rings is 2. The monoisotopic (exact) mass is 291 g/mol. The van der Waals surface area contributed by atoms with Crippen LogP contribution in [-0.2, 0) is 5.41 Å². The molecule has 1 heterocycles. The fourth-order valence-electron chi connectivity index (χ4n) is 2.75. The number of hydrazine groups is 1. The van der Waals surface area contributed by atoms with Crippen molar-refractivity contribution in [2.75, 3.05) is 5.43 Å². The highest BCUT2D eigenvalue weighted by atomic mass is 15.2. The van der Waals surface area contributed by atoms with Gasteiger partial charge in [-0.05, 0) is 22.6 Å². The Kier molecular flexibility index (Phi) is 3.59. The fraction of sp³-hybridized carbons (Fsp3) is 0.211. The van der Waals surface area contributed by atoms with Crippen molar-refractivity contribution >= 4 is 16.7 Å². The molecule has 0 atom stereocenters. The van der Waals surface area contributed by atoms with Gasteiger partial charge < -0.3 is 5.43 Å². The van der Waals surface area contributed by atoms with Crippen LogP contribution in [0, 0.1) is 0 Å². The van der Waals surface area contributed by atoms with Gasteiger partial charge in [-0.2, -0.15) is 0 Å². The zero-order valence-electron chi connectivity index (χ0n) is 13.2. The molecular weight excluding hydrogens is 270 g/mol. The molecule has 0 bridgehead atoms. The molecule has 0 fully saturated rings. The molecule has 22 heavy (non-hydrogen) atoms. The van der Waals surface area contributed by atoms with Crippen molar-refractivity contribution in [3.05, 3.63) is 60.2 Å². The predicted molar refractivity (Wildman–Crippen MR) is 93.7 cm³/mol. The van der Waals surface area contributed by atoms with Crippen LogP contribution in [-0.4, -0.2) is 4.98 Å². The molecule has 3 heteroatoms. The molecule has 0 aliphatic heterocycles. The molecule has 3 rings (SSSR count). The van der Waals surface area contributed by atoms with Crippen molar-refractivity contribution in [3.63, 3.8) is 0 Å². The number of hydrogen-bond donors (Lipinski definition) is 2. The minimum Gasteiger partial charge on any atom is -0.308 e. The zero-order valence-corrected chi connectivity index (χ0v) is 13.2. The number of nitrogen functional groups attached to an aromatic ring is 1. The van der Waals surface area contributed by atoms with E-state index in [1.807, 2.05) is 18.2 Å². The summed E-state index contributed by atoms with van der Waals surface area (Å²) in [5, 5.41) is 1.13. The predicted octanol–water partition coefficient (Wildman–Crippen LogP) is 4.48. The van der Waals surface area contributed by atoms with Gasteiger partial charge in [-0.1, -0.05) is 69.3 Å². The number of pyridine rings is 1. The van der Waals surface area contributed by atoms with Crippen LogP contribution in [0.15, 0.2) is 54.6 Å². The molecule has 112 valence electrons. The quantitative estimate of drug-likeness (QED) is 0.540. The first-order valence-electron chi connectivity index (χ1n) is 7.47. The Morgan fingerprint density at radius 1 is 0.955 bits per heavy atom. The number of hydrogen-bond acceptors (Lipinski definition) is 3. The standard InChI is InChI=1S/C19H21N3/c1-19(2,3)16-11-7-10-14-12-15(13-8-5-4-6-9-13)18(22-20)21-17(14)16/h4-12H,20H2,1-3H3,(H,21,22). The summed E-state index contributed by atoms with van der Waals surface area (Å²) in [6.45, 7) is 6.60. The summed E-state index contributed by atoms with van der Waals surface area (Å²) < 4.78 is 0. The maximum atomic E-state index is 5.73. The Hall–Kier alpha value is -2.39. The van der Waals surface area contributed by atoms with Crippen molar-refractivity contribution in [2.24, 2.45) is 5.84 Å². The van der Waals surface area contributed by atoms with Gasteiger partial charge in [-0.15, -0.1) is 0 Å². The van der Waals surface area contributed by atoms with Gasteiger partial charge in [0.15, 0.2) is 0 Å². The van der Waals surface area contributed by atoms with E-state index in [0.717, 1.165) is 22.0 Å². The van der Waals surface area contributed by atoms with Crippen LogP contribution in [0.2, 0.25) is 0 Å². The molecule has 1 aromatic heterocycles. The molecule has 0 unspecified atom stereocenters. The third kappa shape index (κ3) is 2.55. The Bertz CT molecular complexity index is 802. The first-order chi connectivity index (χ1) is 10.5. The first-order valence-corrected chi connectivity index (χ1v) is 7.47. The van der Waals surface area contributed by atoms with E-state index in [9.17, 15) is 0 Å². The lowest BCUT2D eigenvalue weighted by molar-refractivity contribution is 0.594. The number of rotatable bonds is 2. The van der Waals surface area contributed by atoms with Gasteiger partial charge in [-0.3, -0.25) is 0 Å². The second kappa shape index (κ2) is 5.43. The van der Waals surface area contributed by atoms with E-state index in [-0.39, 0.29) is 5.41 Å². The minimum absolute atomic E-state index is 0.0344. The van der Waals surface area contributed by atoms with E-state index < -0.39 is 0 Å². The van der Waals surface area contributed by atoms with Gasteiger partial charge >= 0.3 is 0 Å². The highest BCUT2D eigenvalue weighted by molar-refractivity contribution is 5.91. The van der Waals surface area contributed by atoms with E-state index in [4.69, 9.17) is 10.8 Å². The normalized spacial score (nSPS) is 11.6. The summed E-state index contributed by atoms with van der Waals surface area (Å²) in [6.07, 6.45) is 0. The number of nitrogens with one attached hydrogen (secondary N) is 1. The van der Waals surface area contributed by atoms with Gasteiger partial charge in [0.1, 0.15) is 5.82 Å². The van der Waals surface area contributed by atoms with Crippen LogP contribution < -0.4 is 11.3 Å². The van der Waals surface area contributed by atoms with E-state index in [1.165, 1.54) is 5.56 Å². The lowest BCUT2D eigenvalue weighted by Gasteiger charge is -2.21. The molecule has 2 aromatic carbocycles. The van der Waals surface area contributed by atoms with E-state index in [0.29, 0.717) is 5.82 Å². The van der Waals surface area contributed by atoms with Gasteiger partial charge in [0.2, 0.25) is 0 Å². The summed E-state index contributed by atoms with van der Waals surface area (Å²) in [5.74, 6) is 6.43. The minimum atomic E-state index is 0.0344. The van der Waals surface area contributed by atoms with Crippen LogP contribution in [0.1, 0.15) is 26.3 Å². The van der Waals surface area contributed by atoms with Crippen LogP contribution in [0.3, 0.4) is 0 Å². The number of nitrogens with two attached hydrogens (primary N) is 1. The maximum absolute atomic E-state index is 5.73. The summed E-state index contributed by atoms with van der Waals surface area (Å²) >= 11 is 0. The summed E-state index contributed by atoms with van der Waals surface area (Å²) in [5.41, 5.74) is 7.13. The number of para-hydroxylation sites is 1. The number of anilines is 1. The molecule has 0 aliphatic rings. The third-order valence-electron chi connectivity index (χ3n) is 3.88. The largest absolute Gasteiger partial charge is 0.308 e. The molecule has 0 radical (unpaired) electrons. The van der Waals surface area contributed by atoms with Crippen molar-refractivity contribution in [1.29, 1.82) is 0 Å². The van der Waals surface area contributed by atoms with Gasteiger partial charge in [0, 0.05) is 10.9 Å². The average Bonchev–Trinajstić information content (AvgIpc) is 2.53. The van der Waals surface area contributed by atoms with Crippen molar-refractivity contribution in [2.45, 2.75) is 26.2 Å². The molecular formula is C19H21N3. The van der Waals surface area contributed by atoms with Crippen molar-refractivity contribution in [3.8, 4) is 11.1 Å². The SMILES string of the molecule is CC(C)(C)c1cccc2cc(-c3ccccc3)c(NN)nc12. The topological polar surface area (TPSA) is 50.9 Å². The van der Waals surface area contributed by atoms with Crippen LogP contribution in [0.25, 0.3) is 22.0 Å². The maximum Gasteiger partial charge on any atom is 0.148 e. The molecule has 3 nitrogen and oxygen atoms in total. The van der Waals surface area contributed by atoms with Crippen molar-refractivity contribution < 1.29 is 0 Å². The van der Waals surface area contributed by atoms with Crippen LogP contribution in [0.4, 0.5) is 5.82 Å². The third-order valence-corrected chi connectivity index (χ3v) is 3.88. The molecule has 0 amide bonds. The lowest BCUT2D eigenvalue weighted by Crippen LogP contribution is -2.14. The molecule has 0 saturated carbocycles. The lowest BCUT2D eigenvalue weighted by atomic mass is 9.85. The zero-order chi connectivity index (χ0) is 15.7. The van der Waals surface area contributed by atoms with Crippen molar-refractivity contribution in [1.82, 2.24) is 4.98 Å². The van der Waals surface area contributed by atoms with E-state index in [1.54, 1.807) is 0 Å². The number of fused-ring (bicyclic) bond motifs is 1. The molecule has 0 spiro atoms. The summed E-state index contributed by atoms with van der Waals surface area (Å²) in [7, 11) is 0. The fourth-order valence-corrected chi connectivity index (χ4v) is 2.75. The Balaban J connectivity index is 2.30. The molecule has 3 aromatic rings. The Labute approximate surface area is 131 Å². The highest BCUT2D eigenvalue weighted by Crippen LogP contribution is 2.34. The first kappa shape index (κ1) is 14.5. The van der Waals surface area contributed by atoms with Gasteiger partial charge in [-0.25, -0.2) is 10.8 Å². The van der Waals surface area contributed by atoms with E-state index in [2.05, 4.69) is 62.6 Å². The number of nitrogens with zero attached hydrogens (tertiary/aromatic N) is 1. The van der Waals surface area contributed by atoms with E-state index >= 15 is 0 Å².